The fraction of sp³-hybridized carbons (Fsp3) is 0.516. The molecule has 0 spiro atoms. The SMILES string of the molecule is COc1ccc(C2=NN(C(=O)CN(CCN3CCOCC3)C(=O)NC(C)C)[C@@H](c3ccc(OC)c(OC)c3)C2)c(OC)c1. The average molecular weight is 598 g/mol. The minimum atomic E-state index is -0.441. The highest BCUT2D eigenvalue weighted by atomic mass is 16.5. The molecular formula is C31H43N5O7. The number of urea groups is 1. The van der Waals surface area contributed by atoms with Gasteiger partial charge in [0.15, 0.2) is 11.5 Å². The third kappa shape index (κ3) is 7.88. The Kier molecular flexibility index (Phi) is 11.1. The number of nitrogens with zero attached hydrogens (tertiary/aromatic N) is 4. The molecule has 0 unspecified atom stereocenters. The van der Waals surface area contributed by atoms with Crippen molar-refractivity contribution in [3.8, 4) is 23.0 Å². The normalized spacial score (nSPS) is 17.0. The van der Waals surface area contributed by atoms with E-state index in [0.717, 1.165) is 24.2 Å². The Bertz CT molecular complexity index is 1300. The van der Waals surface area contributed by atoms with Crippen LogP contribution in [0.15, 0.2) is 41.5 Å². The molecule has 1 fully saturated rings. The molecule has 1 saturated heterocycles. The Morgan fingerprint density at radius 2 is 1.70 bits per heavy atom. The summed E-state index contributed by atoms with van der Waals surface area (Å²) >= 11 is 0. The summed E-state index contributed by atoms with van der Waals surface area (Å²) in [6.45, 7) is 7.58. The molecule has 12 heteroatoms. The molecule has 1 N–H and O–H groups in total. The van der Waals surface area contributed by atoms with Gasteiger partial charge in [-0.1, -0.05) is 6.07 Å². The van der Waals surface area contributed by atoms with E-state index >= 15 is 0 Å². The maximum atomic E-state index is 14.0. The van der Waals surface area contributed by atoms with Crippen molar-refractivity contribution in [3.05, 3.63) is 47.5 Å². The highest BCUT2D eigenvalue weighted by Crippen LogP contribution is 2.39. The number of hydrazone groups is 1. The van der Waals surface area contributed by atoms with Gasteiger partial charge >= 0.3 is 6.03 Å². The molecule has 0 aromatic heterocycles. The van der Waals surface area contributed by atoms with Crippen molar-refractivity contribution in [2.75, 3.05) is 74.4 Å². The minimum absolute atomic E-state index is 0.0769. The van der Waals surface area contributed by atoms with Gasteiger partial charge in [0.2, 0.25) is 0 Å². The molecule has 2 aliphatic rings. The van der Waals surface area contributed by atoms with Crippen LogP contribution in [0.1, 0.15) is 37.4 Å². The molecule has 1 atom stereocenters. The predicted molar refractivity (Wildman–Crippen MR) is 162 cm³/mol. The summed E-state index contributed by atoms with van der Waals surface area (Å²) in [4.78, 5) is 31.1. The second-order valence-electron chi connectivity index (χ2n) is 10.7. The van der Waals surface area contributed by atoms with Crippen molar-refractivity contribution in [2.45, 2.75) is 32.4 Å². The van der Waals surface area contributed by atoms with Crippen LogP contribution in [-0.4, -0.2) is 113 Å². The van der Waals surface area contributed by atoms with Gasteiger partial charge in [-0.05, 0) is 43.7 Å². The van der Waals surface area contributed by atoms with Crippen molar-refractivity contribution >= 4 is 17.6 Å². The number of amides is 3. The zero-order chi connectivity index (χ0) is 30.9. The first-order chi connectivity index (χ1) is 20.8. The van der Waals surface area contributed by atoms with Crippen LogP contribution < -0.4 is 24.3 Å². The standard InChI is InChI=1S/C31H43N5O7/c1-21(2)32-31(38)35(12-11-34-13-15-43-16-14-34)20-30(37)36-26(22-7-10-27(40-4)29(17-22)42-6)19-25(33-36)24-9-8-23(39-3)18-28(24)41-5/h7-10,17-18,21,26H,11-16,19-20H2,1-6H3,(H,32,38)/t26-/m1/s1. The van der Waals surface area contributed by atoms with E-state index in [4.69, 9.17) is 28.8 Å². The predicted octanol–water partition coefficient (Wildman–Crippen LogP) is 3.15. The van der Waals surface area contributed by atoms with Gasteiger partial charge in [-0.3, -0.25) is 9.69 Å². The van der Waals surface area contributed by atoms with Crippen LogP contribution >= 0.6 is 0 Å². The van der Waals surface area contributed by atoms with Crippen molar-refractivity contribution < 1.29 is 33.3 Å². The Morgan fingerprint density at radius 3 is 2.35 bits per heavy atom. The number of morpholine rings is 1. The first kappa shape index (κ1) is 31.9. The quantitative estimate of drug-likeness (QED) is 0.397. The fourth-order valence-electron chi connectivity index (χ4n) is 5.17. The van der Waals surface area contributed by atoms with Crippen LogP contribution in [0.5, 0.6) is 23.0 Å². The number of nitrogens with one attached hydrogen (secondary N) is 1. The summed E-state index contributed by atoms with van der Waals surface area (Å²) in [7, 11) is 6.33. The Hall–Kier alpha value is -4.03. The summed E-state index contributed by atoms with van der Waals surface area (Å²) in [6, 6.07) is 10.3. The first-order valence-corrected chi connectivity index (χ1v) is 14.5. The van der Waals surface area contributed by atoms with Gasteiger partial charge in [-0.15, -0.1) is 0 Å². The average Bonchev–Trinajstić information content (AvgIpc) is 3.47. The van der Waals surface area contributed by atoms with Gasteiger partial charge in [0.25, 0.3) is 5.91 Å². The second-order valence-corrected chi connectivity index (χ2v) is 10.7. The number of benzene rings is 2. The summed E-state index contributed by atoms with van der Waals surface area (Å²) in [5.74, 6) is 2.06. The van der Waals surface area contributed by atoms with Gasteiger partial charge < -0.3 is 33.9 Å². The highest BCUT2D eigenvalue weighted by Gasteiger charge is 2.36. The highest BCUT2D eigenvalue weighted by molar-refractivity contribution is 6.05. The molecule has 2 aromatic carbocycles. The number of ether oxygens (including phenoxy) is 5. The van der Waals surface area contributed by atoms with Crippen LogP contribution in [0.25, 0.3) is 0 Å². The molecule has 0 saturated carbocycles. The third-order valence-corrected chi connectivity index (χ3v) is 7.49. The molecule has 2 aromatic rings. The summed E-state index contributed by atoms with van der Waals surface area (Å²) in [6.07, 6.45) is 0.426. The van der Waals surface area contributed by atoms with E-state index in [1.165, 1.54) is 5.01 Å². The number of carbonyl (C=O) groups is 2. The Balaban J connectivity index is 1.65. The second kappa shape index (κ2) is 14.9. The van der Waals surface area contributed by atoms with Gasteiger partial charge in [-0.25, -0.2) is 9.80 Å². The lowest BCUT2D eigenvalue weighted by Gasteiger charge is -2.31. The van der Waals surface area contributed by atoms with E-state index in [1.54, 1.807) is 39.4 Å². The summed E-state index contributed by atoms with van der Waals surface area (Å²) in [5, 5.41) is 9.24. The molecular weight excluding hydrogens is 554 g/mol. The lowest BCUT2D eigenvalue weighted by atomic mass is 9.97. The third-order valence-electron chi connectivity index (χ3n) is 7.49. The van der Waals surface area contributed by atoms with Crippen LogP contribution in [0.3, 0.4) is 0 Å². The van der Waals surface area contributed by atoms with E-state index in [0.29, 0.717) is 61.4 Å². The van der Waals surface area contributed by atoms with Gasteiger partial charge in [0.1, 0.15) is 18.0 Å². The number of rotatable bonds is 12. The largest absolute Gasteiger partial charge is 0.497 e. The molecule has 234 valence electrons. The molecule has 0 aliphatic carbocycles. The number of hydrogen-bond acceptors (Lipinski definition) is 9. The number of carbonyl (C=O) groups excluding carboxylic acids is 2. The lowest BCUT2D eigenvalue weighted by Crippen LogP contribution is -2.50. The van der Waals surface area contributed by atoms with E-state index < -0.39 is 6.04 Å². The van der Waals surface area contributed by atoms with Crippen molar-refractivity contribution in [3.63, 3.8) is 0 Å². The topological polar surface area (TPSA) is 114 Å². The fourth-order valence-corrected chi connectivity index (χ4v) is 5.17. The van der Waals surface area contributed by atoms with E-state index in [2.05, 4.69) is 10.2 Å². The molecule has 0 bridgehead atoms. The Morgan fingerprint density at radius 1 is 0.977 bits per heavy atom. The smallest absolute Gasteiger partial charge is 0.318 e. The summed E-state index contributed by atoms with van der Waals surface area (Å²) < 4.78 is 27.5. The van der Waals surface area contributed by atoms with E-state index in [1.807, 2.05) is 44.2 Å². The van der Waals surface area contributed by atoms with Crippen molar-refractivity contribution in [1.29, 1.82) is 0 Å². The minimum Gasteiger partial charge on any atom is -0.497 e. The maximum absolute atomic E-state index is 14.0. The molecule has 2 aliphatic heterocycles. The van der Waals surface area contributed by atoms with Crippen LogP contribution in [0.4, 0.5) is 4.79 Å². The molecule has 3 amide bonds. The first-order valence-electron chi connectivity index (χ1n) is 14.5. The number of hydrogen-bond donors (Lipinski definition) is 1. The molecule has 12 nitrogen and oxygen atoms in total. The molecule has 4 rings (SSSR count). The van der Waals surface area contributed by atoms with Crippen LogP contribution in [0, 0.1) is 0 Å². The van der Waals surface area contributed by atoms with Gasteiger partial charge in [0.05, 0.1) is 53.4 Å². The van der Waals surface area contributed by atoms with Gasteiger partial charge in [0, 0.05) is 50.3 Å². The maximum Gasteiger partial charge on any atom is 0.318 e. The molecule has 2 heterocycles. The molecule has 43 heavy (non-hydrogen) atoms. The van der Waals surface area contributed by atoms with E-state index in [-0.39, 0.29) is 24.5 Å². The Labute approximate surface area is 253 Å². The van der Waals surface area contributed by atoms with Crippen LogP contribution in [-0.2, 0) is 9.53 Å². The lowest BCUT2D eigenvalue weighted by molar-refractivity contribution is -0.133. The monoisotopic (exact) mass is 597 g/mol. The van der Waals surface area contributed by atoms with E-state index in [9.17, 15) is 9.59 Å². The van der Waals surface area contributed by atoms with Gasteiger partial charge in [-0.2, -0.15) is 5.10 Å². The zero-order valence-corrected chi connectivity index (χ0v) is 25.9. The summed E-state index contributed by atoms with van der Waals surface area (Å²) in [5.41, 5.74) is 2.26. The van der Waals surface area contributed by atoms with Crippen molar-refractivity contribution in [1.82, 2.24) is 20.1 Å². The van der Waals surface area contributed by atoms with Crippen LogP contribution in [0.2, 0.25) is 0 Å². The molecule has 0 radical (unpaired) electrons. The van der Waals surface area contributed by atoms with Crippen molar-refractivity contribution in [2.24, 2.45) is 5.10 Å². The number of methoxy groups -OCH3 is 4. The zero-order valence-electron chi connectivity index (χ0n) is 25.9.